The van der Waals surface area contributed by atoms with Crippen molar-refractivity contribution in [3.63, 3.8) is 0 Å². The topological polar surface area (TPSA) is 132 Å². The van der Waals surface area contributed by atoms with Crippen molar-refractivity contribution in [2.24, 2.45) is 5.41 Å². The normalized spacial score (nSPS) is 21.4. The van der Waals surface area contributed by atoms with E-state index in [9.17, 15) is 29.0 Å². The van der Waals surface area contributed by atoms with Gasteiger partial charge in [-0.05, 0) is 36.8 Å². The number of nitrogens with zero attached hydrogens (tertiary/aromatic N) is 2. The van der Waals surface area contributed by atoms with Crippen LogP contribution in [0.2, 0.25) is 0 Å². The number of hydrogen-bond acceptors (Lipinski definition) is 7. The SMILES string of the molecule is Cc1ncsc1-c1ccc(CNC(=O)[C@@H]2CC(O)CN2C(=O)[C@@H](NC(=O)C2(F)CC2)C(C)(C)C)c(O)c1. The van der Waals surface area contributed by atoms with Crippen molar-refractivity contribution >= 4 is 29.1 Å². The first-order valence-corrected chi connectivity index (χ1v) is 13.2. The molecule has 0 radical (unpaired) electrons. The van der Waals surface area contributed by atoms with Gasteiger partial charge in [-0.2, -0.15) is 0 Å². The van der Waals surface area contributed by atoms with Crippen LogP contribution < -0.4 is 10.6 Å². The molecule has 0 bridgehead atoms. The number of hydrogen-bond donors (Lipinski definition) is 4. The van der Waals surface area contributed by atoms with Gasteiger partial charge in [-0.25, -0.2) is 9.37 Å². The van der Waals surface area contributed by atoms with Crippen molar-refractivity contribution in [2.75, 3.05) is 6.54 Å². The summed E-state index contributed by atoms with van der Waals surface area (Å²) in [6.07, 6.45) is -0.642. The average molecular weight is 533 g/mol. The highest BCUT2D eigenvalue weighted by atomic mass is 32.1. The number of halogens is 1. The van der Waals surface area contributed by atoms with E-state index in [-0.39, 0.29) is 38.1 Å². The molecule has 2 aliphatic rings. The molecule has 3 amide bonds. The number of amides is 3. The van der Waals surface area contributed by atoms with Crippen molar-refractivity contribution in [3.05, 3.63) is 35.0 Å². The highest BCUT2D eigenvalue weighted by Gasteiger charge is 2.53. The summed E-state index contributed by atoms with van der Waals surface area (Å²) in [4.78, 5) is 45.4. The molecule has 1 aliphatic carbocycles. The van der Waals surface area contributed by atoms with Crippen LogP contribution in [0.15, 0.2) is 23.7 Å². The fourth-order valence-corrected chi connectivity index (χ4v) is 5.25. The number of carbonyl (C=O) groups excluding carboxylic acids is 3. The van der Waals surface area contributed by atoms with Crippen LogP contribution in [0, 0.1) is 12.3 Å². The molecule has 4 N–H and O–H groups in total. The highest BCUT2D eigenvalue weighted by molar-refractivity contribution is 7.13. The monoisotopic (exact) mass is 532 g/mol. The zero-order valence-electron chi connectivity index (χ0n) is 21.4. The Morgan fingerprint density at radius 3 is 2.57 bits per heavy atom. The molecule has 1 aromatic carbocycles. The third-order valence-corrected chi connectivity index (χ3v) is 7.87. The molecule has 2 fully saturated rings. The smallest absolute Gasteiger partial charge is 0.258 e. The Labute approximate surface area is 219 Å². The number of alkyl halides is 1. The average Bonchev–Trinajstić information content (AvgIpc) is 3.23. The van der Waals surface area contributed by atoms with E-state index in [1.807, 2.05) is 13.0 Å². The standard InChI is InChI=1S/C26H33FN4O5S/c1-14-20(37-13-29-14)15-5-6-16(19(33)9-15)11-28-22(34)18-10-17(32)12-31(18)23(35)21(25(2,3)4)30-24(36)26(27)7-8-26/h5-6,9,13,17-18,21,32-33H,7-8,10-12H2,1-4H3,(H,28,34)(H,30,36)/t17?,18-,21+/m0/s1. The minimum absolute atomic E-state index is 0.0146. The molecular formula is C26H33FN4O5S. The molecule has 2 heterocycles. The summed E-state index contributed by atoms with van der Waals surface area (Å²) in [6, 6.07) is 3.13. The van der Waals surface area contributed by atoms with Crippen molar-refractivity contribution < 1.29 is 29.0 Å². The lowest BCUT2D eigenvalue weighted by Crippen LogP contribution is -2.59. The number of aryl methyl sites for hydroxylation is 1. The van der Waals surface area contributed by atoms with Gasteiger partial charge in [-0.3, -0.25) is 14.4 Å². The Balaban J connectivity index is 1.45. The second kappa shape index (κ2) is 10.0. The number of rotatable bonds is 7. The van der Waals surface area contributed by atoms with Crippen LogP contribution >= 0.6 is 11.3 Å². The molecule has 11 heteroatoms. The lowest BCUT2D eigenvalue weighted by atomic mass is 9.85. The number of thiazole rings is 1. The number of benzene rings is 1. The Hall–Kier alpha value is -3.05. The first-order chi connectivity index (χ1) is 17.3. The zero-order valence-corrected chi connectivity index (χ0v) is 22.2. The maximum Gasteiger partial charge on any atom is 0.258 e. The van der Waals surface area contributed by atoms with Crippen molar-refractivity contribution in [2.45, 2.75) is 77.4 Å². The zero-order chi connectivity index (χ0) is 27.1. The van der Waals surface area contributed by atoms with Gasteiger partial charge < -0.3 is 25.7 Å². The maximum absolute atomic E-state index is 14.3. The van der Waals surface area contributed by atoms with E-state index >= 15 is 0 Å². The first-order valence-electron chi connectivity index (χ1n) is 12.3. The van der Waals surface area contributed by atoms with Gasteiger partial charge in [-0.15, -0.1) is 11.3 Å². The van der Waals surface area contributed by atoms with E-state index in [2.05, 4.69) is 15.6 Å². The van der Waals surface area contributed by atoms with E-state index in [1.165, 1.54) is 16.2 Å². The molecule has 1 aromatic heterocycles. The Kier molecular flexibility index (Phi) is 7.31. The summed E-state index contributed by atoms with van der Waals surface area (Å²) in [6.45, 7) is 7.07. The van der Waals surface area contributed by atoms with Crippen LogP contribution in [-0.2, 0) is 20.9 Å². The van der Waals surface area contributed by atoms with Gasteiger partial charge in [0.15, 0.2) is 5.67 Å². The van der Waals surface area contributed by atoms with Gasteiger partial charge in [0.25, 0.3) is 5.91 Å². The largest absolute Gasteiger partial charge is 0.508 e. The van der Waals surface area contributed by atoms with Gasteiger partial charge in [0, 0.05) is 25.1 Å². The van der Waals surface area contributed by atoms with E-state index in [4.69, 9.17) is 0 Å². The molecule has 1 aliphatic heterocycles. The summed E-state index contributed by atoms with van der Waals surface area (Å²) < 4.78 is 14.3. The number of aromatic nitrogens is 1. The van der Waals surface area contributed by atoms with Gasteiger partial charge in [0.1, 0.15) is 17.8 Å². The molecule has 0 spiro atoms. The number of β-amino-alcohol motifs (C(OH)–C–C–N with tert-alkyl or cyclic N) is 1. The minimum Gasteiger partial charge on any atom is -0.508 e. The van der Waals surface area contributed by atoms with Crippen LogP contribution in [-0.4, -0.2) is 68.2 Å². The maximum atomic E-state index is 14.3. The minimum atomic E-state index is -1.94. The van der Waals surface area contributed by atoms with Gasteiger partial charge in [0.2, 0.25) is 11.8 Å². The number of phenols is 1. The number of nitrogens with one attached hydrogen (secondary N) is 2. The number of phenolic OH excluding ortho intramolecular Hbond substituents is 1. The van der Waals surface area contributed by atoms with Gasteiger partial charge >= 0.3 is 0 Å². The number of likely N-dealkylation sites (tertiary alicyclic amines) is 1. The van der Waals surface area contributed by atoms with Gasteiger partial charge in [0.05, 0.1) is 22.2 Å². The van der Waals surface area contributed by atoms with Crippen LogP contribution in [0.4, 0.5) is 4.39 Å². The Morgan fingerprint density at radius 2 is 2.00 bits per heavy atom. The summed E-state index contributed by atoms with van der Waals surface area (Å²) in [7, 11) is 0. The number of aromatic hydroxyl groups is 1. The first kappa shape index (κ1) is 27.0. The van der Waals surface area contributed by atoms with E-state index in [1.54, 1.807) is 38.4 Å². The Bertz CT molecular complexity index is 1210. The fraction of sp³-hybridized carbons (Fsp3) is 0.538. The van der Waals surface area contributed by atoms with Crippen molar-refractivity contribution in [3.8, 4) is 16.2 Å². The molecule has 1 unspecified atom stereocenters. The number of aliphatic hydroxyl groups is 1. The van der Waals surface area contributed by atoms with Crippen LogP contribution in [0.5, 0.6) is 5.75 Å². The third kappa shape index (κ3) is 5.77. The number of carbonyl (C=O) groups is 3. The summed E-state index contributed by atoms with van der Waals surface area (Å²) in [5.41, 5.74) is 1.21. The van der Waals surface area contributed by atoms with Crippen molar-refractivity contribution in [1.82, 2.24) is 20.5 Å². The predicted molar refractivity (Wildman–Crippen MR) is 136 cm³/mol. The highest BCUT2D eigenvalue weighted by Crippen LogP contribution is 2.40. The lowest BCUT2D eigenvalue weighted by molar-refractivity contribution is -0.145. The summed E-state index contributed by atoms with van der Waals surface area (Å²) >= 11 is 1.47. The van der Waals surface area contributed by atoms with E-state index in [0.717, 1.165) is 16.1 Å². The molecule has 200 valence electrons. The molecule has 9 nitrogen and oxygen atoms in total. The van der Waals surface area contributed by atoms with E-state index < -0.39 is 47.0 Å². The third-order valence-electron chi connectivity index (χ3n) is 6.90. The molecule has 37 heavy (non-hydrogen) atoms. The molecular weight excluding hydrogens is 499 g/mol. The lowest BCUT2D eigenvalue weighted by Gasteiger charge is -2.35. The van der Waals surface area contributed by atoms with Crippen molar-refractivity contribution in [1.29, 1.82) is 0 Å². The van der Waals surface area contributed by atoms with Gasteiger partial charge in [-0.1, -0.05) is 32.9 Å². The van der Waals surface area contributed by atoms with Crippen LogP contribution in [0.25, 0.3) is 10.4 Å². The predicted octanol–water partition coefficient (Wildman–Crippen LogP) is 2.44. The van der Waals surface area contributed by atoms with E-state index in [0.29, 0.717) is 5.56 Å². The van der Waals surface area contributed by atoms with Crippen LogP contribution in [0.3, 0.4) is 0 Å². The Morgan fingerprint density at radius 1 is 1.30 bits per heavy atom. The number of aliphatic hydroxyl groups excluding tert-OH is 1. The molecule has 4 rings (SSSR count). The summed E-state index contributed by atoms with van der Waals surface area (Å²) in [5, 5.41) is 26.1. The molecule has 1 saturated heterocycles. The fourth-order valence-electron chi connectivity index (χ4n) is 4.45. The quantitative estimate of drug-likeness (QED) is 0.433. The molecule has 3 atom stereocenters. The molecule has 2 aromatic rings. The second-order valence-corrected chi connectivity index (χ2v) is 11.8. The second-order valence-electron chi connectivity index (χ2n) is 11.0. The van der Waals surface area contributed by atoms with Crippen LogP contribution in [0.1, 0.15) is 51.3 Å². The molecule has 1 saturated carbocycles. The summed E-state index contributed by atoms with van der Waals surface area (Å²) in [5.74, 6) is -1.85.